The molecule has 0 spiro atoms. The van der Waals surface area contributed by atoms with E-state index in [9.17, 15) is 4.79 Å². The number of fused-ring (bicyclic) bond motifs is 1. The van der Waals surface area contributed by atoms with Gasteiger partial charge in [0.05, 0.1) is 5.57 Å². The number of halogens is 1. The van der Waals surface area contributed by atoms with Crippen molar-refractivity contribution in [3.05, 3.63) is 105 Å². The van der Waals surface area contributed by atoms with E-state index in [-0.39, 0.29) is 11.3 Å². The van der Waals surface area contributed by atoms with Crippen molar-refractivity contribution in [2.45, 2.75) is 64.3 Å². The van der Waals surface area contributed by atoms with E-state index in [0.29, 0.717) is 34.7 Å². The first kappa shape index (κ1) is 29.9. The topological polar surface area (TPSA) is 81.1 Å². The van der Waals surface area contributed by atoms with Gasteiger partial charge in [-0.3, -0.25) is 4.79 Å². The van der Waals surface area contributed by atoms with Gasteiger partial charge in [-0.05, 0) is 60.2 Å². The van der Waals surface area contributed by atoms with Crippen molar-refractivity contribution in [3.63, 3.8) is 0 Å². The smallest absolute Gasteiger partial charge is 0.255 e. The van der Waals surface area contributed by atoms with E-state index in [1.807, 2.05) is 55.5 Å². The van der Waals surface area contributed by atoms with Gasteiger partial charge in [-0.15, -0.1) is 5.10 Å². The monoisotopic (exact) mass is 645 g/mol. The lowest BCUT2D eigenvalue weighted by Gasteiger charge is -2.30. The third kappa shape index (κ3) is 6.73. The van der Waals surface area contributed by atoms with Crippen molar-refractivity contribution in [1.29, 1.82) is 0 Å². The molecule has 1 aromatic heterocycles. The fraction of sp³-hybridized carbons (Fsp3) is 0.303. The minimum absolute atomic E-state index is 0.0813. The maximum atomic E-state index is 13.9. The molecule has 1 aliphatic rings. The molecule has 218 valence electrons. The lowest BCUT2D eigenvalue weighted by Crippen LogP contribution is -2.31. The highest BCUT2D eigenvalue weighted by Gasteiger charge is 2.36. The van der Waals surface area contributed by atoms with Crippen LogP contribution in [-0.4, -0.2) is 26.4 Å². The van der Waals surface area contributed by atoms with E-state index < -0.39 is 6.04 Å². The van der Waals surface area contributed by atoms with E-state index >= 15 is 0 Å². The molecule has 0 fully saturated rings. The summed E-state index contributed by atoms with van der Waals surface area (Å²) in [7, 11) is 0. The Balaban J connectivity index is 1.54. The molecule has 7 nitrogen and oxygen atoms in total. The molecule has 1 atom stereocenters. The van der Waals surface area contributed by atoms with E-state index in [1.165, 1.54) is 5.56 Å². The molecule has 4 aromatic rings. The predicted molar refractivity (Wildman–Crippen MR) is 174 cm³/mol. The van der Waals surface area contributed by atoms with Gasteiger partial charge >= 0.3 is 0 Å². The van der Waals surface area contributed by atoms with Crippen LogP contribution in [0.25, 0.3) is 0 Å². The maximum absolute atomic E-state index is 13.9. The van der Waals surface area contributed by atoms with Gasteiger partial charge in [-0.2, -0.15) is 4.98 Å². The van der Waals surface area contributed by atoms with Crippen molar-refractivity contribution in [2.75, 3.05) is 16.4 Å². The van der Waals surface area contributed by atoms with Crippen LogP contribution >= 0.6 is 27.7 Å². The van der Waals surface area contributed by atoms with Gasteiger partial charge in [-0.1, -0.05) is 97.9 Å². The zero-order chi connectivity index (χ0) is 29.9. The minimum Gasteiger partial charge on any atom is -0.489 e. The number of nitrogens with one attached hydrogen (secondary N) is 2. The van der Waals surface area contributed by atoms with Gasteiger partial charge in [0.1, 0.15) is 18.4 Å². The maximum Gasteiger partial charge on any atom is 0.255 e. The molecule has 9 heteroatoms. The van der Waals surface area contributed by atoms with E-state index in [0.717, 1.165) is 33.5 Å². The number of amides is 1. The highest BCUT2D eigenvalue weighted by Crippen LogP contribution is 2.41. The van der Waals surface area contributed by atoms with Crippen LogP contribution in [0.5, 0.6) is 5.75 Å². The van der Waals surface area contributed by atoms with Crippen molar-refractivity contribution in [1.82, 2.24) is 14.8 Å². The number of hydrogen-bond acceptors (Lipinski definition) is 6. The largest absolute Gasteiger partial charge is 0.489 e. The summed E-state index contributed by atoms with van der Waals surface area (Å²) < 4.78 is 9.14. The number of ether oxygens (including phenoxy) is 1. The summed E-state index contributed by atoms with van der Waals surface area (Å²) in [5.41, 5.74) is 5.20. The second-order valence-corrected chi connectivity index (χ2v) is 13.3. The fourth-order valence-electron chi connectivity index (χ4n) is 4.81. The Morgan fingerprint density at radius 2 is 1.83 bits per heavy atom. The second-order valence-electron chi connectivity index (χ2n) is 11.3. The van der Waals surface area contributed by atoms with E-state index in [1.54, 1.807) is 16.4 Å². The van der Waals surface area contributed by atoms with Gasteiger partial charge in [0, 0.05) is 27.2 Å². The molecule has 0 aliphatic carbocycles. The third-order valence-electron chi connectivity index (χ3n) is 7.03. The molecule has 0 saturated heterocycles. The molecule has 0 radical (unpaired) electrons. The lowest BCUT2D eigenvalue weighted by atomic mass is 9.87. The Morgan fingerprint density at radius 3 is 2.52 bits per heavy atom. The molecule has 2 heterocycles. The molecule has 1 amide bonds. The molecule has 1 unspecified atom stereocenters. The molecular weight excluding hydrogens is 610 g/mol. The van der Waals surface area contributed by atoms with E-state index in [4.69, 9.17) is 14.8 Å². The summed E-state index contributed by atoms with van der Waals surface area (Å²) in [6.07, 6.45) is 1.01. The van der Waals surface area contributed by atoms with Gasteiger partial charge in [0.2, 0.25) is 11.1 Å². The second kappa shape index (κ2) is 12.8. The number of hydrogen-bond donors (Lipinski definition) is 2. The first-order valence-corrected chi connectivity index (χ1v) is 15.9. The van der Waals surface area contributed by atoms with Crippen LogP contribution in [-0.2, 0) is 16.8 Å². The number of rotatable bonds is 9. The number of allylic oxidation sites excluding steroid dienone is 1. The van der Waals surface area contributed by atoms with Gasteiger partial charge < -0.3 is 15.4 Å². The average molecular weight is 647 g/mol. The summed E-state index contributed by atoms with van der Waals surface area (Å²) in [4.78, 5) is 18.7. The Kier molecular flexibility index (Phi) is 9.08. The summed E-state index contributed by atoms with van der Waals surface area (Å²) in [5.74, 6) is 1.95. The van der Waals surface area contributed by atoms with E-state index in [2.05, 4.69) is 78.5 Å². The van der Waals surface area contributed by atoms with Gasteiger partial charge in [0.25, 0.3) is 5.91 Å². The van der Waals surface area contributed by atoms with Crippen LogP contribution in [0.1, 0.15) is 63.8 Å². The number of thioether (sulfide) groups is 1. The van der Waals surface area contributed by atoms with Gasteiger partial charge in [-0.25, -0.2) is 4.68 Å². The Hall–Kier alpha value is -3.56. The highest BCUT2D eigenvalue weighted by atomic mass is 79.9. The number of para-hydroxylation sites is 1. The van der Waals surface area contributed by atoms with Crippen LogP contribution in [0.4, 0.5) is 11.6 Å². The number of carbonyl (C=O) groups excluding carboxylic acids is 1. The molecule has 42 heavy (non-hydrogen) atoms. The average Bonchev–Trinajstić information content (AvgIpc) is 3.37. The first-order chi connectivity index (χ1) is 20.1. The number of nitrogens with zero attached hydrogens (tertiary/aromatic N) is 3. The molecule has 0 bridgehead atoms. The molecule has 1 aliphatic heterocycles. The van der Waals surface area contributed by atoms with Crippen LogP contribution < -0.4 is 15.4 Å². The number of benzene rings is 3. The zero-order valence-corrected chi connectivity index (χ0v) is 27.0. The van der Waals surface area contributed by atoms with Crippen molar-refractivity contribution >= 4 is 45.2 Å². The summed E-state index contributed by atoms with van der Waals surface area (Å²) in [5, 5.41) is 11.9. The van der Waals surface area contributed by atoms with Crippen molar-refractivity contribution in [2.24, 2.45) is 0 Å². The quantitative estimate of drug-likeness (QED) is 0.178. The lowest BCUT2D eigenvalue weighted by molar-refractivity contribution is -0.113. The summed E-state index contributed by atoms with van der Waals surface area (Å²) in [6.45, 7) is 11.0. The van der Waals surface area contributed by atoms with Gasteiger partial charge in [0.15, 0.2) is 0 Å². The Bertz CT molecular complexity index is 1590. The van der Waals surface area contributed by atoms with Crippen molar-refractivity contribution in [3.8, 4) is 5.75 Å². The standard InChI is InChI=1S/C33H36BrN5O2S/c1-6-18-42-32-37-31-35-21(2)28(30(40)36-25-10-8-7-9-11-25)29(39(31)38-32)26-19-24(34)16-17-27(26)41-20-22-12-14-23(15-13-22)33(3,4)5/h7-17,19,29H,6,18,20H2,1-5H3,(H,36,40)(H,35,37,38). The normalized spacial score (nSPS) is 14.8. The van der Waals surface area contributed by atoms with Crippen LogP contribution in [0.3, 0.4) is 0 Å². The zero-order valence-electron chi connectivity index (χ0n) is 24.6. The SMILES string of the molecule is CCCSc1nc2n(n1)C(c1cc(Br)ccc1OCc1ccc(C(C)(C)C)cc1)C(C(=O)Nc1ccccc1)=C(C)N2. The molecule has 0 saturated carbocycles. The first-order valence-electron chi connectivity index (χ1n) is 14.1. The highest BCUT2D eigenvalue weighted by molar-refractivity contribution is 9.10. The summed E-state index contributed by atoms with van der Waals surface area (Å²) in [6, 6.07) is 23.3. The number of anilines is 2. The third-order valence-corrected chi connectivity index (χ3v) is 8.56. The molecule has 2 N–H and O–H groups in total. The molecule has 3 aromatic carbocycles. The van der Waals surface area contributed by atoms with Crippen LogP contribution in [0, 0.1) is 0 Å². The molecular formula is C33H36BrN5O2S. The van der Waals surface area contributed by atoms with Crippen molar-refractivity contribution < 1.29 is 9.53 Å². The number of carbonyl (C=O) groups is 1. The predicted octanol–water partition coefficient (Wildman–Crippen LogP) is 8.35. The summed E-state index contributed by atoms with van der Waals surface area (Å²) >= 11 is 5.25. The minimum atomic E-state index is -0.566. The Morgan fingerprint density at radius 1 is 1.10 bits per heavy atom. The van der Waals surface area contributed by atoms with Crippen LogP contribution in [0.15, 0.2) is 93.7 Å². The molecule has 5 rings (SSSR count). The Labute approximate surface area is 260 Å². The fourth-order valence-corrected chi connectivity index (χ4v) is 5.88. The number of aromatic nitrogens is 3. The van der Waals surface area contributed by atoms with Crippen LogP contribution in [0.2, 0.25) is 0 Å².